The van der Waals surface area contributed by atoms with Gasteiger partial charge in [-0.3, -0.25) is 4.79 Å². The van der Waals surface area contributed by atoms with E-state index in [0.29, 0.717) is 18.4 Å². The molecule has 12 atom stereocenters. The molecule has 6 aliphatic rings. The Kier molecular flexibility index (Phi) is 8.83. The summed E-state index contributed by atoms with van der Waals surface area (Å²) < 4.78 is 18.4. The van der Waals surface area contributed by atoms with Crippen LogP contribution in [0.4, 0.5) is 0 Å². The van der Waals surface area contributed by atoms with Crippen LogP contribution in [0.5, 0.6) is 0 Å². The SMILES string of the molecule is CC1(C)CC[C@]2(C(=O)OCc3ccccc3)CC[C@]3(C)C(=CC[C@@H]4[C@@]5(C)CC[C@H](O[C@@H]6OC[C@@H](O)[C@H](O)[C@H]6O)C(C)(C)[C@@H]5CC[C@]43C)[C@@H]2C1. The van der Waals surface area contributed by atoms with Crippen molar-refractivity contribution in [1.29, 1.82) is 0 Å². The molecule has 1 aliphatic heterocycles. The van der Waals surface area contributed by atoms with Gasteiger partial charge in [0.15, 0.2) is 6.29 Å². The Bertz CT molecular complexity index is 1440. The number of rotatable bonds is 5. The average Bonchev–Trinajstić information content (AvgIpc) is 3.05. The summed E-state index contributed by atoms with van der Waals surface area (Å²) in [4.78, 5) is 14.3. The summed E-state index contributed by atoms with van der Waals surface area (Å²) in [6.07, 6.45) is 7.95. The molecule has 0 spiro atoms. The summed E-state index contributed by atoms with van der Waals surface area (Å²) in [7, 11) is 0. The molecule has 1 aromatic rings. The fraction of sp³-hybridized carbons (Fsp3) is 0.786. The molecule has 0 amide bonds. The number of esters is 1. The van der Waals surface area contributed by atoms with E-state index in [0.717, 1.165) is 69.8 Å². The first-order valence-electron chi connectivity index (χ1n) is 19.2. The van der Waals surface area contributed by atoms with E-state index in [1.54, 1.807) is 5.57 Å². The third kappa shape index (κ3) is 5.42. The lowest BCUT2D eigenvalue weighted by atomic mass is 9.33. The quantitative estimate of drug-likeness (QED) is 0.170. The van der Waals surface area contributed by atoms with Gasteiger partial charge < -0.3 is 29.5 Å². The van der Waals surface area contributed by atoms with Gasteiger partial charge in [0.1, 0.15) is 24.9 Å². The molecule has 0 radical (unpaired) electrons. The lowest BCUT2D eigenvalue weighted by Crippen LogP contribution is -2.65. The van der Waals surface area contributed by atoms with Gasteiger partial charge in [-0.2, -0.15) is 0 Å². The van der Waals surface area contributed by atoms with Gasteiger partial charge in [-0.15, -0.1) is 0 Å². The maximum absolute atomic E-state index is 14.3. The van der Waals surface area contributed by atoms with Crippen molar-refractivity contribution in [2.24, 2.45) is 50.2 Å². The van der Waals surface area contributed by atoms with E-state index in [4.69, 9.17) is 14.2 Å². The Balaban J connectivity index is 1.16. The highest BCUT2D eigenvalue weighted by molar-refractivity contribution is 5.79. The Morgan fingerprint density at radius 2 is 1.57 bits per heavy atom. The molecule has 0 bridgehead atoms. The van der Waals surface area contributed by atoms with E-state index in [1.165, 1.54) is 0 Å². The Hall–Kier alpha value is -1.77. The van der Waals surface area contributed by atoms with Crippen LogP contribution in [0.25, 0.3) is 0 Å². The molecule has 1 aromatic carbocycles. The van der Waals surface area contributed by atoms with Crippen molar-refractivity contribution in [3.05, 3.63) is 47.5 Å². The van der Waals surface area contributed by atoms with Crippen molar-refractivity contribution in [1.82, 2.24) is 0 Å². The first-order valence-corrected chi connectivity index (χ1v) is 19.2. The predicted molar refractivity (Wildman–Crippen MR) is 188 cm³/mol. The van der Waals surface area contributed by atoms with Gasteiger partial charge in [0, 0.05) is 0 Å². The lowest BCUT2D eigenvalue weighted by molar-refractivity contribution is -0.308. The molecule has 7 rings (SSSR count). The fourth-order valence-electron chi connectivity index (χ4n) is 12.8. The topological polar surface area (TPSA) is 105 Å². The van der Waals surface area contributed by atoms with E-state index in [2.05, 4.69) is 54.5 Å². The average molecular weight is 679 g/mol. The normalized spacial score (nSPS) is 47.0. The maximum atomic E-state index is 14.3. The van der Waals surface area contributed by atoms with E-state index in [9.17, 15) is 20.1 Å². The van der Waals surface area contributed by atoms with Gasteiger partial charge >= 0.3 is 5.97 Å². The highest BCUT2D eigenvalue weighted by atomic mass is 16.7. The highest BCUT2D eigenvalue weighted by Gasteiger charge is 2.69. The maximum Gasteiger partial charge on any atom is 0.313 e. The number of fused-ring (bicyclic) bond motifs is 7. The zero-order valence-corrected chi connectivity index (χ0v) is 31.0. The number of carbonyl (C=O) groups excluding carboxylic acids is 1. The number of hydrogen-bond acceptors (Lipinski definition) is 7. The second-order valence-corrected chi connectivity index (χ2v) is 19.2. The molecule has 1 saturated heterocycles. The molecule has 49 heavy (non-hydrogen) atoms. The second kappa shape index (κ2) is 12.1. The monoisotopic (exact) mass is 678 g/mol. The van der Waals surface area contributed by atoms with Crippen molar-refractivity contribution in [2.75, 3.05) is 6.61 Å². The molecule has 7 heteroatoms. The molecule has 5 aliphatic carbocycles. The number of aliphatic hydroxyl groups is 3. The number of aliphatic hydroxyl groups excluding tert-OH is 3. The van der Waals surface area contributed by atoms with Crippen LogP contribution in [-0.4, -0.2) is 58.6 Å². The molecule has 0 aromatic heterocycles. The van der Waals surface area contributed by atoms with Crippen molar-refractivity contribution in [3.8, 4) is 0 Å². The van der Waals surface area contributed by atoms with Crippen LogP contribution in [0.3, 0.4) is 0 Å². The van der Waals surface area contributed by atoms with Gasteiger partial charge in [0.2, 0.25) is 0 Å². The lowest BCUT2D eigenvalue weighted by Gasteiger charge is -2.71. The van der Waals surface area contributed by atoms with Gasteiger partial charge in [-0.25, -0.2) is 0 Å². The first-order chi connectivity index (χ1) is 23.0. The zero-order chi connectivity index (χ0) is 35.2. The fourth-order valence-corrected chi connectivity index (χ4v) is 12.8. The third-order valence-corrected chi connectivity index (χ3v) is 15.9. The van der Waals surface area contributed by atoms with Crippen LogP contribution in [0.1, 0.15) is 118 Å². The molecule has 5 fully saturated rings. The van der Waals surface area contributed by atoms with Crippen LogP contribution in [0.15, 0.2) is 42.0 Å². The molecule has 4 saturated carbocycles. The minimum Gasteiger partial charge on any atom is -0.460 e. The molecule has 0 unspecified atom stereocenters. The van der Waals surface area contributed by atoms with E-state index >= 15 is 0 Å². The molecular formula is C42H62O7. The Morgan fingerprint density at radius 1 is 0.857 bits per heavy atom. The van der Waals surface area contributed by atoms with Gasteiger partial charge in [-0.05, 0) is 115 Å². The molecule has 1 heterocycles. The standard InChI is InChI=1S/C42H62O7/c1-37(2)19-21-42(36(46)48-24-26-11-9-8-10-12-26)22-20-40(6)27(28(42)23-37)13-14-31-39(5)17-16-32(38(3,4)30(39)15-18-41(31,40)7)49-35-34(45)33(44)29(43)25-47-35/h8-13,28-35,43-45H,14-25H2,1-7H3/t28-,29+,30-,31+,32-,33-,34+,35-,39-,40+,41+,42-/m0/s1. The summed E-state index contributed by atoms with van der Waals surface area (Å²) in [5, 5.41) is 31.0. The van der Waals surface area contributed by atoms with Crippen LogP contribution in [-0.2, 0) is 25.6 Å². The van der Waals surface area contributed by atoms with Crippen LogP contribution in [0, 0.1) is 50.2 Å². The molecule has 272 valence electrons. The number of hydrogen-bond donors (Lipinski definition) is 3. The summed E-state index contributed by atoms with van der Waals surface area (Å²) >= 11 is 0. The number of carbonyl (C=O) groups is 1. The van der Waals surface area contributed by atoms with E-state index in [1.807, 2.05) is 30.3 Å². The number of allylic oxidation sites excluding steroid dienone is 2. The van der Waals surface area contributed by atoms with Crippen molar-refractivity contribution in [3.63, 3.8) is 0 Å². The summed E-state index contributed by atoms with van der Waals surface area (Å²) in [6, 6.07) is 10.1. The molecular weight excluding hydrogens is 616 g/mol. The zero-order valence-electron chi connectivity index (χ0n) is 31.0. The van der Waals surface area contributed by atoms with Crippen molar-refractivity contribution < 1.29 is 34.3 Å². The predicted octanol–water partition coefficient (Wildman–Crippen LogP) is 7.36. The summed E-state index contributed by atoms with van der Waals surface area (Å²) in [6.45, 7) is 17.4. The van der Waals surface area contributed by atoms with Crippen molar-refractivity contribution in [2.45, 2.75) is 150 Å². The second-order valence-electron chi connectivity index (χ2n) is 19.2. The minimum absolute atomic E-state index is 0.0110. The number of benzene rings is 1. The Morgan fingerprint density at radius 3 is 2.31 bits per heavy atom. The largest absolute Gasteiger partial charge is 0.460 e. The van der Waals surface area contributed by atoms with Crippen LogP contribution >= 0.6 is 0 Å². The summed E-state index contributed by atoms with van der Waals surface area (Å²) in [5.41, 5.74) is 2.38. The van der Waals surface area contributed by atoms with Crippen LogP contribution in [0.2, 0.25) is 0 Å². The van der Waals surface area contributed by atoms with Crippen LogP contribution < -0.4 is 0 Å². The van der Waals surface area contributed by atoms with E-state index in [-0.39, 0.29) is 51.7 Å². The van der Waals surface area contributed by atoms with Gasteiger partial charge in [0.05, 0.1) is 18.1 Å². The van der Waals surface area contributed by atoms with Gasteiger partial charge in [0.25, 0.3) is 0 Å². The minimum atomic E-state index is -1.27. The van der Waals surface area contributed by atoms with E-state index < -0.39 is 30.0 Å². The Labute approximate surface area is 294 Å². The first kappa shape index (κ1) is 35.6. The molecule has 3 N–H and O–H groups in total. The van der Waals surface area contributed by atoms with Gasteiger partial charge in [-0.1, -0.05) is 90.4 Å². The smallest absolute Gasteiger partial charge is 0.313 e. The number of ether oxygens (including phenoxy) is 3. The summed E-state index contributed by atoms with van der Waals surface area (Å²) in [5.74, 6) is 1.15. The third-order valence-electron chi connectivity index (χ3n) is 15.9. The molecule has 7 nitrogen and oxygen atoms in total. The highest BCUT2D eigenvalue weighted by Crippen LogP contribution is 2.76. The van der Waals surface area contributed by atoms with Crippen molar-refractivity contribution >= 4 is 5.97 Å².